The van der Waals surface area contributed by atoms with Gasteiger partial charge < -0.3 is 0 Å². The van der Waals surface area contributed by atoms with Crippen LogP contribution in [0.25, 0.3) is 0 Å². The Morgan fingerprint density at radius 3 is 1.75 bits per heavy atom. The highest BCUT2D eigenvalue weighted by atomic mass is 127. The normalized spacial score (nSPS) is 16.1. The Labute approximate surface area is 92.0 Å². The maximum atomic E-state index is 2.48. The molecule has 0 aromatic heterocycles. The summed E-state index contributed by atoms with van der Waals surface area (Å²) in [6, 6.07) is 0. The van der Waals surface area contributed by atoms with Crippen LogP contribution in [-0.4, -0.2) is -0.565 Å². The van der Waals surface area contributed by atoms with Crippen LogP contribution < -0.4 is 0 Å². The Balaban J connectivity index is 3.62. The van der Waals surface area contributed by atoms with Crippen molar-refractivity contribution >= 4 is 67.8 Å². The van der Waals surface area contributed by atoms with E-state index >= 15 is 0 Å². The lowest BCUT2D eigenvalue weighted by Crippen LogP contribution is -2.11. The van der Waals surface area contributed by atoms with Gasteiger partial charge in [-0.05, 0) is 5.92 Å². The monoisotopic (exact) mass is 450 g/mol. The molecule has 8 heavy (non-hydrogen) atoms. The zero-order chi connectivity index (χ0) is 6.78. The molecule has 0 aliphatic rings. The average molecular weight is 450 g/mol. The quantitative estimate of drug-likeness (QED) is 0.442. The molecule has 0 nitrogen and oxygen atoms in total. The molecule has 0 saturated heterocycles. The molecule has 0 aliphatic heterocycles. The summed E-state index contributed by atoms with van der Waals surface area (Å²) in [7, 11) is 0. The molecular weight excluding hydrogens is 441 g/mol. The van der Waals surface area contributed by atoms with E-state index in [1.54, 1.807) is 0 Å². The van der Waals surface area contributed by atoms with E-state index in [9.17, 15) is 0 Å². The summed E-state index contributed by atoms with van der Waals surface area (Å²) in [6.45, 7) is 4.51. The van der Waals surface area contributed by atoms with Gasteiger partial charge in [0.2, 0.25) is 0 Å². The molecule has 0 heterocycles. The van der Waals surface area contributed by atoms with Crippen molar-refractivity contribution in [1.29, 1.82) is 0 Å². The van der Waals surface area contributed by atoms with Crippen LogP contribution in [0, 0.1) is 5.92 Å². The summed E-state index contributed by atoms with van der Waals surface area (Å²) >= 11 is 7.43. The van der Waals surface area contributed by atoms with E-state index in [2.05, 4.69) is 81.6 Å². The highest BCUT2D eigenvalue weighted by molar-refractivity contribution is 14.3. The SMILES string of the molecule is CC[C@@H](C)C(I)(I)I. The van der Waals surface area contributed by atoms with E-state index in [4.69, 9.17) is 0 Å². The van der Waals surface area contributed by atoms with Crippen LogP contribution in [0.3, 0.4) is 0 Å². The van der Waals surface area contributed by atoms with E-state index in [1.165, 1.54) is 6.42 Å². The fourth-order valence-corrected chi connectivity index (χ4v) is 1.55. The Hall–Kier alpha value is 2.19. The van der Waals surface area contributed by atoms with Gasteiger partial charge in [0.1, 0.15) is -0.565 Å². The number of rotatable bonds is 2. The third kappa shape index (κ3) is 4.08. The third-order valence-corrected chi connectivity index (χ3v) is 4.36. The zero-order valence-corrected chi connectivity index (χ0v) is 11.4. The smallest absolute Gasteiger partial charge is 0.0650 e. The minimum absolute atomic E-state index is 0.419. The topological polar surface area (TPSA) is 0 Å². The van der Waals surface area contributed by atoms with Gasteiger partial charge in [-0.25, -0.2) is 0 Å². The summed E-state index contributed by atoms with van der Waals surface area (Å²) < 4.78 is 0.419. The van der Waals surface area contributed by atoms with Crippen molar-refractivity contribution in [2.45, 2.75) is 19.7 Å². The summed E-state index contributed by atoms with van der Waals surface area (Å²) in [5.74, 6) is 0.810. The molecule has 0 aromatic rings. The first kappa shape index (κ1) is 10.2. The molecule has 0 bridgehead atoms. The second-order valence-electron chi connectivity index (χ2n) is 1.85. The predicted octanol–water partition coefficient (Wildman–Crippen LogP) is 3.99. The molecule has 0 aliphatic carbocycles. The molecule has 0 radical (unpaired) electrons. The van der Waals surface area contributed by atoms with Gasteiger partial charge in [0.15, 0.2) is 0 Å². The first-order valence-corrected chi connectivity index (χ1v) is 5.78. The predicted molar refractivity (Wildman–Crippen MR) is 64.2 cm³/mol. The maximum absolute atomic E-state index is 2.48. The van der Waals surface area contributed by atoms with Gasteiger partial charge >= 0.3 is 0 Å². The summed E-state index contributed by atoms with van der Waals surface area (Å²) in [6.07, 6.45) is 1.27. The van der Waals surface area contributed by atoms with Crippen LogP contribution >= 0.6 is 67.8 Å². The fraction of sp³-hybridized carbons (Fsp3) is 1.00. The zero-order valence-electron chi connectivity index (χ0n) is 4.92. The Morgan fingerprint density at radius 2 is 1.75 bits per heavy atom. The molecule has 1 atom stereocenters. The second kappa shape index (κ2) is 4.15. The Kier molecular flexibility index (Phi) is 5.28. The van der Waals surface area contributed by atoms with Gasteiger partial charge in [-0.3, -0.25) is 0 Å². The molecule has 3 heteroatoms. The fourth-order valence-electron chi connectivity index (χ4n) is 0.231. The molecule has 0 spiro atoms. The van der Waals surface area contributed by atoms with Crippen LogP contribution in [-0.2, 0) is 0 Å². The van der Waals surface area contributed by atoms with E-state index in [0.717, 1.165) is 5.92 Å². The van der Waals surface area contributed by atoms with Gasteiger partial charge in [0.05, 0.1) is 0 Å². The molecule has 0 aromatic carbocycles. The molecule has 0 unspecified atom stereocenters. The highest BCUT2D eigenvalue weighted by Gasteiger charge is 2.23. The lowest BCUT2D eigenvalue weighted by atomic mass is 10.2. The van der Waals surface area contributed by atoms with Crippen LogP contribution in [0.4, 0.5) is 0 Å². The average Bonchev–Trinajstić information content (AvgIpc) is 1.62. The Morgan fingerprint density at radius 1 is 1.38 bits per heavy atom. The molecule has 0 amide bonds. The summed E-state index contributed by atoms with van der Waals surface area (Å²) in [5, 5.41) is 0. The molecule has 0 N–H and O–H groups in total. The lowest BCUT2D eigenvalue weighted by molar-refractivity contribution is 0.626. The van der Waals surface area contributed by atoms with Gasteiger partial charge in [-0.2, -0.15) is 0 Å². The molecule has 50 valence electrons. The number of hydrogen-bond acceptors (Lipinski definition) is 0. The third-order valence-electron chi connectivity index (χ3n) is 1.17. The number of halogens is 3. The van der Waals surface area contributed by atoms with Crippen molar-refractivity contribution in [3.63, 3.8) is 0 Å². The first-order chi connectivity index (χ1) is 3.48. The van der Waals surface area contributed by atoms with Crippen molar-refractivity contribution in [2.24, 2.45) is 5.92 Å². The van der Waals surface area contributed by atoms with E-state index in [1.807, 2.05) is 0 Å². The molecule has 0 rings (SSSR count). The van der Waals surface area contributed by atoms with Crippen molar-refractivity contribution in [1.82, 2.24) is 0 Å². The van der Waals surface area contributed by atoms with Gasteiger partial charge in [0.25, 0.3) is 0 Å². The van der Waals surface area contributed by atoms with Crippen molar-refractivity contribution in [3.8, 4) is 0 Å². The van der Waals surface area contributed by atoms with Gasteiger partial charge in [-0.1, -0.05) is 88.0 Å². The van der Waals surface area contributed by atoms with Crippen LogP contribution in [0.1, 0.15) is 20.3 Å². The van der Waals surface area contributed by atoms with Crippen molar-refractivity contribution in [3.05, 3.63) is 0 Å². The summed E-state index contributed by atoms with van der Waals surface area (Å²) in [4.78, 5) is 0. The van der Waals surface area contributed by atoms with Crippen LogP contribution in [0.15, 0.2) is 0 Å². The standard InChI is InChI=1S/C5H9I3/c1-3-4(2)5(6,7)8/h4H,3H2,1-2H3/t4-/m1/s1. The largest absolute Gasteiger partial charge is 0.126 e. The molecular formula is C5H9I3. The molecule has 0 fully saturated rings. The number of hydrogen-bond donors (Lipinski definition) is 0. The van der Waals surface area contributed by atoms with E-state index in [-0.39, 0.29) is 0 Å². The Bertz CT molecular complexity index is 64.6. The minimum Gasteiger partial charge on any atom is -0.0650 e. The lowest BCUT2D eigenvalue weighted by Gasteiger charge is -2.19. The molecule has 0 saturated carbocycles. The van der Waals surface area contributed by atoms with Crippen LogP contribution in [0.5, 0.6) is 0 Å². The maximum Gasteiger partial charge on any atom is 0.126 e. The second-order valence-corrected chi connectivity index (χ2v) is 13.1. The van der Waals surface area contributed by atoms with Crippen molar-refractivity contribution in [2.75, 3.05) is 0 Å². The first-order valence-electron chi connectivity index (χ1n) is 2.55. The van der Waals surface area contributed by atoms with Gasteiger partial charge in [-0.15, -0.1) is 0 Å². The van der Waals surface area contributed by atoms with Gasteiger partial charge in [0, 0.05) is 0 Å². The summed E-state index contributed by atoms with van der Waals surface area (Å²) in [5.41, 5.74) is 0. The van der Waals surface area contributed by atoms with Crippen molar-refractivity contribution < 1.29 is 0 Å². The van der Waals surface area contributed by atoms with E-state index in [0.29, 0.717) is -0.565 Å². The minimum atomic E-state index is 0.419. The number of alkyl halides is 3. The highest BCUT2D eigenvalue weighted by Crippen LogP contribution is 2.43. The van der Waals surface area contributed by atoms with E-state index < -0.39 is 0 Å². The van der Waals surface area contributed by atoms with Crippen LogP contribution in [0.2, 0.25) is 0 Å².